The SMILES string of the molecule is O=C(O)c1cc(OCc2ccc(Cl)cc2F)ccc1Br. The van der Waals surface area contributed by atoms with Gasteiger partial charge in [-0.2, -0.15) is 0 Å². The molecule has 0 atom stereocenters. The number of rotatable bonds is 4. The van der Waals surface area contributed by atoms with Crippen molar-refractivity contribution in [1.82, 2.24) is 0 Å². The van der Waals surface area contributed by atoms with E-state index in [4.69, 9.17) is 21.4 Å². The Bertz CT molecular complexity index is 661. The molecule has 0 bridgehead atoms. The molecule has 0 saturated carbocycles. The van der Waals surface area contributed by atoms with E-state index in [0.717, 1.165) is 0 Å². The van der Waals surface area contributed by atoms with E-state index in [1.807, 2.05) is 0 Å². The molecule has 0 saturated heterocycles. The number of carboxylic acids is 1. The minimum Gasteiger partial charge on any atom is -0.489 e. The summed E-state index contributed by atoms with van der Waals surface area (Å²) in [7, 11) is 0. The highest BCUT2D eigenvalue weighted by Gasteiger charge is 2.10. The lowest BCUT2D eigenvalue weighted by Crippen LogP contribution is -2.01. The second-order valence-electron chi connectivity index (χ2n) is 3.97. The molecule has 6 heteroatoms. The fraction of sp³-hybridized carbons (Fsp3) is 0.0714. The Morgan fingerprint density at radius 2 is 2.05 bits per heavy atom. The number of hydrogen-bond acceptors (Lipinski definition) is 2. The van der Waals surface area contributed by atoms with Gasteiger partial charge in [-0.25, -0.2) is 9.18 Å². The summed E-state index contributed by atoms with van der Waals surface area (Å²) in [4.78, 5) is 11.0. The Morgan fingerprint density at radius 3 is 2.70 bits per heavy atom. The number of benzene rings is 2. The van der Waals surface area contributed by atoms with E-state index < -0.39 is 11.8 Å². The second kappa shape index (κ2) is 6.24. The molecule has 20 heavy (non-hydrogen) atoms. The van der Waals surface area contributed by atoms with Crippen LogP contribution in [0.3, 0.4) is 0 Å². The van der Waals surface area contributed by atoms with Crippen LogP contribution in [0.5, 0.6) is 5.75 Å². The van der Waals surface area contributed by atoms with E-state index >= 15 is 0 Å². The Hall–Kier alpha value is -1.59. The number of hydrogen-bond donors (Lipinski definition) is 1. The summed E-state index contributed by atoms with van der Waals surface area (Å²) in [5.74, 6) is -1.19. The predicted molar refractivity (Wildman–Crippen MR) is 76.8 cm³/mol. The summed E-state index contributed by atoms with van der Waals surface area (Å²) < 4.78 is 19.4. The van der Waals surface area contributed by atoms with Crippen molar-refractivity contribution in [1.29, 1.82) is 0 Å². The third-order valence-corrected chi connectivity index (χ3v) is 3.50. The van der Waals surface area contributed by atoms with Crippen molar-refractivity contribution in [3.8, 4) is 5.75 Å². The molecule has 0 heterocycles. The van der Waals surface area contributed by atoms with Gasteiger partial charge in [0.2, 0.25) is 0 Å². The molecule has 104 valence electrons. The Morgan fingerprint density at radius 1 is 1.30 bits per heavy atom. The van der Waals surface area contributed by atoms with Crippen LogP contribution in [0.1, 0.15) is 15.9 Å². The molecule has 0 fully saturated rings. The number of aromatic carboxylic acids is 1. The third kappa shape index (κ3) is 3.49. The summed E-state index contributed by atoms with van der Waals surface area (Å²) in [6.07, 6.45) is 0. The van der Waals surface area contributed by atoms with Gasteiger partial charge in [0, 0.05) is 15.1 Å². The van der Waals surface area contributed by atoms with Gasteiger partial charge in [0.05, 0.1) is 5.56 Å². The molecule has 2 rings (SSSR count). The molecule has 0 unspecified atom stereocenters. The van der Waals surface area contributed by atoms with Crippen molar-refractivity contribution in [2.24, 2.45) is 0 Å². The van der Waals surface area contributed by atoms with E-state index in [2.05, 4.69) is 15.9 Å². The van der Waals surface area contributed by atoms with Gasteiger partial charge in [0.25, 0.3) is 0 Å². The Labute approximate surface area is 128 Å². The average molecular weight is 360 g/mol. The number of ether oxygens (including phenoxy) is 1. The molecule has 1 N–H and O–H groups in total. The topological polar surface area (TPSA) is 46.5 Å². The molecule has 0 radical (unpaired) electrons. The maximum absolute atomic E-state index is 13.6. The summed E-state index contributed by atoms with van der Waals surface area (Å²) in [6, 6.07) is 8.83. The first kappa shape index (κ1) is 14.8. The van der Waals surface area contributed by atoms with Crippen LogP contribution in [0, 0.1) is 5.82 Å². The summed E-state index contributed by atoms with van der Waals surface area (Å²) in [5.41, 5.74) is 0.424. The average Bonchev–Trinajstić information content (AvgIpc) is 2.39. The molecular weight excluding hydrogens is 351 g/mol. The van der Waals surface area contributed by atoms with E-state index in [1.54, 1.807) is 18.2 Å². The van der Waals surface area contributed by atoms with Gasteiger partial charge in [-0.3, -0.25) is 0 Å². The van der Waals surface area contributed by atoms with Gasteiger partial charge in [-0.1, -0.05) is 17.7 Å². The summed E-state index contributed by atoms with van der Waals surface area (Å²) in [6.45, 7) is -0.0102. The first-order valence-electron chi connectivity index (χ1n) is 5.57. The Kier molecular flexibility index (Phi) is 4.62. The van der Waals surface area contributed by atoms with Crippen molar-refractivity contribution in [3.05, 3.63) is 62.8 Å². The minimum atomic E-state index is -1.07. The standard InChI is InChI=1S/C14H9BrClFO3/c15-12-4-3-10(6-11(12)14(18)19)20-7-8-1-2-9(16)5-13(8)17/h1-6H,7H2,(H,18,19). The van der Waals surface area contributed by atoms with Gasteiger partial charge >= 0.3 is 5.97 Å². The fourth-order valence-electron chi connectivity index (χ4n) is 1.56. The summed E-state index contributed by atoms with van der Waals surface area (Å²) >= 11 is 8.79. The largest absolute Gasteiger partial charge is 0.489 e. The van der Waals surface area contributed by atoms with Crippen LogP contribution in [-0.4, -0.2) is 11.1 Å². The predicted octanol–water partition coefficient (Wildman–Crippen LogP) is 4.52. The number of carboxylic acid groups (broad SMARTS) is 1. The van der Waals surface area contributed by atoms with Crippen LogP contribution in [0.4, 0.5) is 4.39 Å². The molecule has 0 aliphatic carbocycles. The smallest absolute Gasteiger partial charge is 0.336 e. The van der Waals surface area contributed by atoms with Crippen molar-refractivity contribution in [2.75, 3.05) is 0 Å². The zero-order valence-corrected chi connectivity index (χ0v) is 12.4. The van der Waals surface area contributed by atoms with Crippen molar-refractivity contribution < 1.29 is 19.0 Å². The molecule has 0 spiro atoms. The first-order valence-corrected chi connectivity index (χ1v) is 6.74. The van der Waals surface area contributed by atoms with Gasteiger partial charge in [0.1, 0.15) is 18.2 Å². The van der Waals surface area contributed by atoms with Crippen LogP contribution < -0.4 is 4.74 Å². The maximum Gasteiger partial charge on any atom is 0.336 e. The lowest BCUT2D eigenvalue weighted by Gasteiger charge is -2.09. The molecule has 2 aromatic rings. The third-order valence-electron chi connectivity index (χ3n) is 2.58. The van der Waals surface area contributed by atoms with Crippen molar-refractivity contribution in [3.63, 3.8) is 0 Å². The van der Waals surface area contributed by atoms with Crippen LogP contribution in [0.2, 0.25) is 5.02 Å². The zero-order chi connectivity index (χ0) is 14.7. The van der Waals surface area contributed by atoms with Gasteiger partial charge in [-0.15, -0.1) is 0 Å². The van der Waals surface area contributed by atoms with Crippen molar-refractivity contribution >= 4 is 33.5 Å². The molecule has 2 aromatic carbocycles. The normalized spacial score (nSPS) is 10.3. The highest BCUT2D eigenvalue weighted by Crippen LogP contribution is 2.24. The molecule has 0 aromatic heterocycles. The fourth-order valence-corrected chi connectivity index (χ4v) is 2.13. The van der Waals surface area contributed by atoms with Crippen molar-refractivity contribution in [2.45, 2.75) is 6.61 Å². The quantitative estimate of drug-likeness (QED) is 0.873. The Balaban J connectivity index is 2.15. The van der Waals surface area contributed by atoms with Crippen LogP contribution in [0.25, 0.3) is 0 Å². The van der Waals surface area contributed by atoms with E-state index in [9.17, 15) is 9.18 Å². The van der Waals surface area contributed by atoms with Crippen LogP contribution in [0.15, 0.2) is 40.9 Å². The van der Waals surface area contributed by atoms with Gasteiger partial charge in [0.15, 0.2) is 0 Å². The lowest BCUT2D eigenvalue weighted by atomic mass is 10.2. The van der Waals surface area contributed by atoms with E-state index in [0.29, 0.717) is 20.8 Å². The monoisotopic (exact) mass is 358 g/mol. The first-order chi connectivity index (χ1) is 9.47. The van der Waals surface area contributed by atoms with Crippen LogP contribution >= 0.6 is 27.5 Å². The van der Waals surface area contributed by atoms with Crippen LogP contribution in [-0.2, 0) is 6.61 Å². The second-order valence-corrected chi connectivity index (χ2v) is 5.26. The molecule has 0 aliphatic heterocycles. The van der Waals surface area contributed by atoms with Gasteiger partial charge < -0.3 is 9.84 Å². The van der Waals surface area contributed by atoms with E-state index in [-0.39, 0.29) is 12.2 Å². The van der Waals surface area contributed by atoms with E-state index in [1.165, 1.54) is 18.2 Å². The molecule has 0 aliphatic rings. The highest BCUT2D eigenvalue weighted by atomic mass is 79.9. The molecule has 3 nitrogen and oxygen atoms in total. The zero-order valence-electron chi connectivity index (χ0n) is 10.1. The number of carbonyl (C=O) groups is 1. The number of halogens is 3. The molecular formula is C14H9BrClFO3. The maximum atomic E-state index is 13.6. The van der Waals surface area contributed by atoms with Gasteiger partial charge in [-0.05, 0) is 46.3 Å². The minimum absolute atomic E-state index is 0.0102. The summed E-state index contributed by atoms with van der Waals surface area (Å²) in [5, 5.41) is 9.30. The highest BCUT2D eigenvalue weighted by molar-refractivity contribution is 9.10. The molecule has 0 amide bonds. The lowest BCUT2D eigenvalue weighted by molar-refractivity contribution is 0.0695.